The summed E-state index contributed by atoms with van der Waals surface area (Å²) in [6.45, 7) is 0. The molecule has 0 aliphatic carbocycles. The number of alkyl halides is 6. The molecule has 0 fully saturated rings. The van der Waals surface area contributed by atoms with Gasteiger partial charge in [-0.15, -0.1) is 0 Å². The molecular formula is C6H2F8O. The summed E-state index contributed by atoms with van der Waals surface area (Å²) in [7, 11) is 0. The van der Waals surface area contributed by atoms with Crippen molar-refractivity contribution in [1.29, 1.82) is 0 Å². The van der Waals surface area contributed by atoms with Crippen LogP contribution in [0.1, 0.15) is 0 Å². The van der Waals surface area contributed by atoms with Crippen molar-refractivity contribution >= 4 is 0 Å². The molecule has 0 heterocycles. The molecule has 0 saturated carbocycles. The first-order valence-electron chi connectivity index (χ1n) is 3.06. The summed E-state index contributed by atoms with van der Waals surface area (Å²) in [5.74, 6) is -5.19. The summed E-state index contributed by atoms with van der Waals surface area (Å²) in [5, 5.41) is 0. The third-order valence-corrected chi connectivity index (χ3v) is 0.977. The van der Waals surface area contributed by atoms with Gasteiger partial charge in [0.05, 0.1) is 0 Å². The molecule has 0 bridgehead atoms. The predicted molar refractivity (Wildman–Crippen MR) is 31.6 cm³/mol. The average Bonchev–Trinajstić information content (AvgIpc) is 2.01. The van der Waals surface area contributed by atoms with Crippen LogP contribution >= 0.6 is 0 Å². The van der Waals surface area contributed by atoms with Gasteiger partial charge in [-0.3, -0.25) is 0 Å². The van der Waals surface area contributed by atoms with Gasteiger partial charge in [-0.25, -0.2) is 8.78 Å². The SMILES string of the molecule is FC=C(OC(=CF)C(F)(F)F)C(F)(F)F. The predicted octanol–water partition coefficient (Wildman–Crippen LogP) is 3.75. The van der Waals surface area contributed by atoms with Crippen molar-refractivity contribution in [3.05, 3.63) is 24.2 Å². The fourth-order valence-corrected chi connectivity index (χ4v) is 0.402. The van der Waals surface area contributed by atoms with Crippen molar-refractivity contribution in [2.75, 3.05) is 0 Å². The molecule has 88 valence electrons. The lowest BCUT2D eigenvalue weighted by atomic mass is 10.5. The smallest absolute Gasteiger partial charge is 0.442 e. The van der Waals surface area contributed by atoms with E-state index in [1.807, 2.05) is 0 Å². The molecule has 0 aromatic rings. The van der Waals surface area contributed by atoms with E-state index in [2.05, 4.69) is 4.74 Å². The van der Waals surface area contributed by atoms with Crippen molar-refractivity contribution in [2.24, 2.45) is 0 Å². The van der Waals surface area contributed by atoms with E-state index >= 15 is 0 Å². The Labute approximate surface area is 77.6 Å². The van der Waals surface area contributed by atoms with Crippen LogP contribution < -0.4 is 0 Å². The zero-order chi connectivity index (χ0) is 12.3. The maximum Gasteiger partial charge on any atom is 0.451 e. The molecule has 0 saturated heterocycles. The number of halogens is 8. The first-order valence-corrected chi connectivity index (χ1v) is 3.06. The summed E-state index contributed by atoms with van der Waals surface area (Å²) < 4.78 is 96.0. The first kappa shape index (κ1) is 13.7. The van der Waals surface area contributed by atoms with E-state index in [4.69, 9.17) is 0 Å². The zero-order valence-electron chi connectivity index (χ0n) is 6.59. The Bertz CT molecular complexity index is 242. The fraction of sp³-hybridized carbons (Fsp3) is 0.333. The van der Waals surface area contributed by atoms with Crippen molar-refractivity contribution in [3.63, 3.8) is 0 Å². The Balaban J connectivity index is 4.87. The van der Waals surface area contributed by atoms with Crippen LogP contribution in [0.3, 0.4) is 0 Å². The number of hydrogen-bond donors (Lipinski definition) is 0. The highest BCUT2D eigenvalue weighted by molar-refractivity contribution is 5.06. The van der Waals surface area contributed by atoms with Crippen LogP contribution in [0.2, 0.25) is 0 Å². The molecule has 0 unspecified atom stereocenters. The van der Waals surface area contributed by atoms with Crippen molar-refractivity contribution in [2.45, 2.75) is 12.4 Å². The highest BCUT2D eigenvalue weighted by Gasteiger charge is 2.43. The Morgan fingerprint density at radius 1 is 0.733 bits per heavy atom. The van der Waals surface area contributed by atoms with Crippen LogP contribution in [0, 0.1) is 0 Å². The number of hydrogen-bond acceptors (Lipinski definition) is 1. The van der Waals surface area contributed by atoms with Gasteiger partial charge in [-0.2, -0.15) is 26.3 Å². The molecule has 15 heavy (non-hydrogen) atoms. The normalized spacial score (nSPS) is 15.5. The van der Waals surface area contributed by atoms with E-state index in [0.29, 0.717) is 0 Å². The fourth-order valence-electron chi connectivity index (χ4n) is 0.402. The van der Waals surface area contributed by atoms with Crippen LogP contribution in [0.25, 0.3) is 0 Å². The van der Waals surface area contributed by atoms with Gasteiger partial charge in [-0.1, -0.05) is 0 Å². The van der Waals surface area contributed by atoms with Gasteiger partial charge in [0.15, 0.2) is 0 Å². The van der Waals surface area contributed by atoms with E-state index in [0.717, 1.165) is 0 Å². The molecule has 9 heteroatoms. The molecule has 0 aliphatic heterocycles. The molecule has 0 atom stereocenters. The third-order valence-electron chi connectivity index (χ3n) is 0.977. The largest absolute Gasteiger partial charge is 0.451 e. The van der Waals surface area contributed by atoms with Gasteiger partial charge in [0, 0.05) is 0 Å². The second-order valence-electron chi connectivity index (χ2n) is 2.04. The Hall–Kier alpha value is -1.28. The van der Waals surface area contributed by atoms with Gasteiger partial charge >= 0.3 is 12.4 Å². The van der Waals surface area contributed by atoms with Gasteiger partial charge in [0.25, 0.3) is 0 Å². The van der Waals surface area contributed by atoms with E-state index < -0.39 is 36.5 Å². The minimum absolute atomic E-state index is 1.24. The molecule has 0 aromatic heterocycles. The van der Waals surface area contributed by atoms with Crippen LogP contribution in [0.5, 0.6) is 0 Å². The lowest BCUT2D eigenvalue weighted by Gasteiger charge is -2.14. The zero-order valence-corrected chi connectivity index (χ0v) is 6.59. The van der Waals surface area contributed by atoms with Crippen LogP contribution in [0.15, 0.2) is 24.2 Å². The molecule has 0 spiro atoms. The lowest BCUT2D eigenvalue weighted by molar-refractivity contribution is -0.159. The van der Waals surface area contributed by atoms with Crippen LogP contribution in [-0.2, 0) is 4.74 Å². The lowest BCUT2D eigenvalue weighted by Crippen LogP contribution is -2.20. The Morgan fingerprint density at radius 3 is 1.13 bits per heavy atom. The summed E-state index contributed by atoms with van der Waals surface area (Å²) >= 11 is 0. The molecule has 0 aromatic carbocycles. The topological polar surface area (TPSA) is 9.23 Å². The second kappa shape index (κ2) is 4.49. The molecule has 0 N–H and O–H groups in total. The highest BCUT2D eigenvalue weighted by atomic mass is 19.4. The minimum Gasteiger partial charge on any atom is -0.442 e. The van der Waals surface area contributed by atoms with Crippen molar-refractivity contribution < 1.29 is 39.9 Å². The standard InChI is InChI=1S/C6H2F8O/c7-1-3(5(9,10)11)15-4(2-8)6(12,13)14/h1-2H. The van der Waals surface area contributed by atoms with E-state index in [1.165, 1.54) is 0 Å². The van der Waals surface area contributed by atoms with E-state index in [1.54, 1.807) is 0 Å². The quantitative estimate of drug-likeness (QED) is 0.529. The number of ether oxygens (including phenoxy) is 1. The van der Waals surface area contributed by atoms with Crippen molar-refractivity contribution in [3.8, 4) is 0 Å². The maximum atomic E-state index is 11.7. The van der Waals surface area contributed by atoms with Gasteiger partial charge in [0.1, 0.15) is 12.7 Å². The summed E-state index contributed by atoms with van der Waals surface area (Å²) in [4.78, 5) is 0. The number of allylic oxidation sites excluding steroid dienone is 2. The van der Waals surface area contributed by atoms with Crippen LogP contribution in [-0.4, -0.2) is 12.4 Å². The first-order chi connectivity index (χ1) is 6.62. The molecular weight excluding hydrogens is 240 g/mol. The third kappa shape index (κ3) is 4.17. The Morgan fingerprint density at radius 2 is 1.00 bits per heavy atom. The Kier molecular flexibility index (Phi) is 4.11. The monoisotopic (exact) mass is 242 g/mol. The summed E-state index contributed by atoms with van der Waals surface area (Å²) in [5.41, 5.74) is 0. The van der Waals surface area contributed by atoms with Gasteiger partial charge < -0.3 is 4.74 Å². The molecule has 0 aliphatic rings. The highest BCUT2D eigenvalue weighted by Crippen LogP contribution is 2.34. The number of rotatable bonds is 2. The second-order valence-corrected chi connectivity index (χ2v) is 2.04. The van der Waals surface area contributed by atoms with Gasteiger partial charge in [0.2, 0.25) is 11.5 Å². The van der Waals surface area contributed by atoms with Crippen molar-refractivity contribution in [1.82, 2.24) is 0 Å². The van der Waals surface area contributed by atoms with Gasteiger partial charge in [-0.05, 0) is 0 Å². The minimum atomic E-state index is -5.48. The molecule has 0 rings (SSSR count). The molecule has 0 radical (unpaired) electrons. The molecule has 0 amide bonds. The average molecular weight is 242 g/mol. The van der Waals surface area contributed by atoms with E-state index in [-0.39, 0.29) is 0 Å². The van der Waals surface area contributed by atoms with E-state index in [9.17, 15) is 35.1 Å². The molecule has 1 nitrogen and oxygen atoms in total. The summed E-state index contributed by atoms with van der Waals surface area (Å²) in [6.07, 6.45) is -13.4. The van der Waals surface area contributed by atoms with Crippen LogP contribution in [0.4, 0.5) is 35.1 Å². The summed E-state index contributed by atoms with van der Waals surface area (Å²) in [6, 6.07) is 0. The maximum absolute atomic E-state index is 11.7.